The van der Waals surface area contributed by atoms with Crippen LogP contribution in [0.1, 0.15) is 52.7 Å². The van der Waals surface area contributed by atoms with E-state index in [1.807, 2.05) is 18.5 Å². The molecule has 0 aliphatic carbocycles. The van der Waals surface area contributed by atoms with Gasteiger partial charge in [0, 0.05) is 0 Å². The Balaban J connectivity index is 1.47. The van der Waals surface area contributed by atoms with Crippen molar-refractivity contribution in [3.63, 3.8) is 0 Å². The van der Waals surface area contributed by atoms with E-state index in [4.69, 9.17) is 9.72 Å². The molecule has 0 radical (unpaired) electrons. The standard InChI is InChI=1S/C38H40GeN2O/c1-37(2,3)26-16-18-40-34(21-26)25-12-11-13-28(20-25)42-29-23-31(35-22-27(17-19-41-35)38(4,5)6)36-30-14-9-10-15-32(30)39(7,8)33(36)24-29/h9-24H,1-8H3. The number of ether oxygens (including phenoxy) is 1. The van der Waals surface area contributed by atoms with Crippen molar-refractivity contribution in [1.29, 1.82) is 0 Å². The van der Waals surface area contributed by atoms with E-state index in [0.717, 1.165) is 34.0 Å². The van der Waals surface area contributed by atoms with Crippen molar-refractivity contribution in [3.05, 3.63) is 108 Å². The summed E-state index contributed by atoms with van der Waals surface area (Å²) in [6, 6.07) is 30.4. The predicted octanol–water partition coefficient (Wildman–Crippen LogP) is 9.00. The fourth-order valence-electron chi connectivity index (χ4n) is 6.01. The molecule has 1 aliphatic heterocycles. The number of nitrogens with zero attached hydrogens (tertiary/aromatic N) is 2. The van der Waals surface area contributed by atoms with E-state index >= 15 is 0 Å². The van der Waals surface area contributed by atoms with Crippen molar-refractivity contribution < 1.29 is 4.74 Å². The maximum atomic E-state index is 6.69. The molecule has 5 aromatic rings. The summed E-state index contributed by atoms with van der Waals surface area (Å²) in [5, 5.41) is 0. The molecular weight excluding hydrogens is 573 g/mol. The van der Waals surface area contributed by atoms with Crippen molar-refractivity contribution in [2.45, 2.75) is 63.9 Å². The average Bonchev–Trinajstić information content (AvgIpc) is 3.19. The van der Waals surface area contributed by atoms with Crippen LogP contribution in [-0.2, 0) is 10.8 Å². The first-order chi connectivity index (χ1) is 19.8. The zero-order valence-electron chi connectivity index (χ0n) is 26.0. The Morgan fingerprint density at radius 2 is 1.21 bits per heavy atom. The van der Waals surface area contributed by atoms with E-state index in [2.05, 4.69) is 137 Å². The second-order valence-electron chi connectivity index (χ2n) is 14.1. The molecule has 4 heteroatoms. The molecule has 0 bridgehead atoms. The van der Waals surface area contributed by atoms with Gasteiger partial charge in [0.25, 0.3) is 0 Å². The number of aromatic nitrogens is 2. The summed E-state index contributed by atoms with van der Waals surface area (Å²) < 4.78 is 9.65. The summed E-state index contributed by atoms with van der Waals surface area (Å²) in [5.74, 6) is 6.64. The monoisotopic (exact) mass is 614 g/mol. The van der Waals surface area contributed by atoms with Gasteiger partial charge in [0.15, 0.2) is 0 Å². The van der Waals surface area contributed by atoms with Gasteiger partial charge in [-0.1, -0.05) is 0 Å². The third-order valence-electron chi connectivity index (χ3n) is 8.55. The van der Waals surface area contributed by atoms with Crippen LogP contribution in [0.15, 0.2) is 97.3 Å². The van der Waals surface area contributed by atoms with E-state index in [1.54, 1.807) is 0 Å². The van der Waals surface area contributed by atoms with Gasteiger partial charge in [-0.05, 0) is 0 Å². The Kier molecular flexibility index (Phi) is 6.93. The first-order valence-electron chi connectivity index (χ1n) is 14.8. The Morgan fingerprint density at radius 1 is 0.571 bits per heavy atom. The molecular formula is C38H40GeN2O. The number of fused-ring (bicyclic) bond motifs is 3. The van der Waals surface area contributed by atoms with Crippen LogP contribution < -0.4 is 13.5 Å². The van der Waals surface area contributed by atoms with Crippen LogP contribution in [0, 0.1) is 0 Å². The topological polar surface area (TPSA) is 35.0 Å². The van der Waals surface area contributed by atoms with Crippen LogP contribution in [0.3, 0.4) is 0 Å². The van der Waals surface area contributed by atoms with Crippen LogP contribution in [0.5, 0.6) is 11.5 Å². The van der Waals surface area contributed by atoms with Crippen LogP contribution in [0.4, 0.5) is 0 Å². The SMILES string of the molecule is CC(C)(C)c1ccnc(-c2cccc(Oc3cc(-c4cc(C(C)(C)C)ccn4)c4[c](c3)[Ge]([CH3])([CH3])[c]3ccccc3-4)c2)c1. The van der Waals surface area contributed by atoms with E-state index < -0.39 is 13.3 Å². The second kappa shape index (κ2) is 10.2. The molecule has 212 valence electrons. The summed E-state index contributed by atoms with van der Waals surface area (Å²) >= 11 is -2.57. The normalized spacial score (nSPS) is 13.9. The third-order valence-corrected chi connectivity index (χ3v) is 15.9. The maximum absolute atomic E-state index is 6.69. The summed E-state index contributed by atoms with van der Waals surface area (Å²) in [6.07, 6.45) is 3.85. The number of hydrogen-bond donors (Lipinski definition) is 0. The minimum atomic E-state index is -2.57. The van der Waals surface area contributed by atoms with Crippen LogP contribution in [0.25, 0.3) is 33.6 Å². The predicted molar refractivity (Wildman–Crippen MR) is 179 cm³/mol. The third kappa shape index (κ3) is 5.20. The molecule has 42 heavy (non-hydrogen) atoms. The molecule has 1 aliphatic rings. The quantitative estimate of drug-likeness (QED) is 0.190. The molecule has 0 fully saturated rings. The van der Waals surface area contributed by atoms with Crippen molar-refractivity contribution >= 4 is 22.1 Å². The number of rotatable bonds is 4. The molecule has 0 atom stereocenters. The van der Waals surface area contributed by atoms with Crippen LogP contribution in [-0.4, -0.2) is 23.2 Å². The molecule has 0 spiro atoms. The minimum absolute atomic E-state index is 0.0305. The molecule has 0 saturated heterocycles. The van der Waals surface area contributed by atoms with Gasteiger partial charge in [-0.3, -0.25) is 0 Å². The van der Waals surface area contributed by atoms with E-state index in [-0.39, 0.29) is 10.8 Å². The second-order valence-corrected chi connectivity index (χ2v) is 23.1. The molecule has 6 rings (SSSR count). The molecule has 3 heterocycles. The number of hydrogen-bond acceptors (Lipinski definition) is 3. The summed E-state index contributed by atoms with van der Waals surface area (Å²) in [7, 11) is 0. The molecule has 0 amide bonds. The van der Waals surface area contributed by atoms with Gasteiger partial charge >= 0.3 is 254 Å². The van der Waals surface area contributed by atoms with Crippen molar-refractivity contribution in [1.82, 2.24) is 9.97 Å². The molecule has 0 unspecified atom stereocenters. The summed E-state index contributed by atoms with van der Waals surface area (Å²) in [6.45, 7) is 13.4. The Labute approximate surface area is 253 Å². The number of benzene rings is 3. The zero-order valence-corrected chi connectivity index (χ0v) is 28.1. The molecule has 3 nitrogen and oxygen atoms in total. The van der Waals surface area contributed by atoms with E-state index in [0.29, 0.717) is 0 Å². The van der Waals surface area contributed by atoms with Gasteiger partial charge in [-0.15, -0.1) is 0 Å². The molecule has 0 N–H and O–H groups in total. The van der Waals surface area contributed by atoms with E-state index in [9.17, 15) is 0 Å². The van der Waals surface area contributed by atoms with E-state index in [1.165, 1.54) is 31.0 Å². The first-order valence-corrected chi connectivity index (χ1v) is 21.1. The fraction of sp³-hybridized carbons (Fsp3) is 0.263. The molecule has 3 aromatic carbocycles. The molecule has 0 saturated carbocycles. The Bertz CT molecular complexity index is 1810. The number of pyridine rings is 2. The average molecular weight is 613 g/mol. The van der Waals surface area contributed by atoms with Crippen molar-refractivity contribution in [2.24, 2.45) is 0 Å². The van der Waals surface area contributed by atoms with Gasteiger partial charge in [-0.25, -0.2) is 0 Å². The van der Waals surface area contributed by atoms with Crippen molar-refractivity contribution in [2.75, 3.05) is 0 Å². The Hall–Kier alpha value is -3.70. The van der Waals surface area contributed by atoms with Crippen LogP contribution in [0.2, 0.25) is 11.5 Å². The summed E-state index contributed by atoms with van der Waals surface area (Å²) in [4.78, 5) is 9.59. The van der Waals surface area contributed by atoms with Gasteiger partial charge in [0.1, 0.15) is 0 Å². The molecule has 2 aromatic heterocycles. The fourth-order valence-corrected chi connectivity index (χ4v) is 12.5. The zero-order chi connectivity index (χ0) is 29.9. The first kappa shape index (κ1) is 28.4. The van der Waals surface area contributed by atoms with Gasteiger partial charge in [0.2, 0.25) is 0 Å². The van der Waals surface area contributed by atoms with Gasteiger partial charge in [0.05, 0.1) is 0 Å². The Morgan fingerprint density at radius 3 is 1.90 bits per heavy atom. The van der Waals surface area contributed by atoms with Crippen molar-refractivity contribution in [3.8, 4) is 45.1 Å². The van der Waals surface area contributed by atoms with Crippen LogP contribution >= 0.6 is 0 Å². The van der Waals surface area contributed by atoms with Gasteiger partial charge < -0.3 is 0 Å². The summed E-state index contributed by atoms with van der Waals surface area (Å²) in [5.41, 5.74) is 9.46. The van der Waals surface area contributed by atoms with Gasteiger partial charge in [-0.2, -0.15) is 0 Å².